The van der Waals surface area contributed by atoms with Crippen molar-refractivity contribution in [3.8, 4) is 11.5 Å². The number of amides is 1. The van der Waals surface area contributed by atoms with Crippen LogP contribution in [0.2, 0.25) is 0 Å². The first kappa shape index (κ1) is 13.5. The van der Waals surface area contributed by atoms with Gasteiger partial charge in [-0.3, -0.25) is 14.7 Å². The van der Waals surface area contributed by atoms with Crippen molar-refractivity contribution in [1.29, 1.82) is 0 Å². The largest absolute Gasteiger partial charge is 0.457 e. The molecule has 106 valence electrons. The van der Waals surface area contributed by atoms with Crippen LogP contribution in [0.15, 0.2) is 48.8 Å². The molecule has 1 aromatic heterocycles. The lowest BCUT2D eigenvalue weighted by atomic mass is 10.2. The number of carbonyl (C=O) groups excluding carboxylic acids is 1. The molecule has 0 saturated carbocycles. The van der Waals surface area contributed by atoms with E-state index in [4.69, 9.17) is 17.0 Å². The van der Waals surface area contributed by atoms with Gasteiger partial charge in [-0.2, -0.15) is 0 Å². The lowest BCUT2D eigenvalue weighted by Crippen LogP contribution is -2.30. The fourth-order valence-electron chi connectivity index (χ4n) is 2.06. The van der Waals surface area contributed by atoms with E-state index in [1.54, 1.807) is 55.7 Å². The maximum absolute atomic E-state index is 12.0. The second-order valence-corrected chi connectivity index (χ2v) is 5.01. The number of benzene rings is 1. The third-order valence-corrected chi connectivity index (χ3v) is 3.41. The Labute approximate surface area is 127 Å². The Bertz CT molecular complexity index is 673. The van der Waals surface area contributed by atoms with Crippen LogP contribution in [0.4, 0.5) is 5.69 Å². The van der Waals surface area contributed by atoms with E-state index in [2.05, 4.69) is 10.3 Å². The van der Waals surface area contributed by atoms with Crippen LogP contribution in [0.3, 0.4) is 0 Å². The van der Waals surface area contributed by atoms with Gasteiger partial charge in [0.05, 0.1) is 5.69 Å². The van der Waals surface area contributed by atoms with Crippen LogP contribution in [-0.2, 0) is 4.79 Å². The number of pyridine rings is 1. The van der Waals surface area contributed by atoms with Crippen molar-refractivity contribution >= 4 is 28.9 Å². The first-order valence-electron chi connectivity index (χ1n) is 6.47. The topological polar surface area (TPSA) is 54.5 Å². The molecule has 1 aliphatic heterocycles. The Kier molecular flexibility index (Phi) is 3.53. The van der Waals surface area contributed by atoms with Crippen LogP contribution in [0, 0.1) is 0 Å². The highest BCUT2D eigenvalue weighted by atomic mass is 32.1. The molecule has 1 saturated heterocycles. The summed E-state index contributed by atoms with van der Waals surface area (Å²) in [4.78, 5) is 17.5. The number of hydrogen-bond acceptors (Lipinski definition) is 4. The zero-order valence-electron chi connectivity index (χ0n) is 11.3. The average molecular weight is 299 g/mol. The molecule has 21 heavy (non-hydrogen) atoms. The molecule has 2 heterocycles. The van der Waals surface area contributed by atoms with Crippen molar-refractivity contribution in [3.63, 3.8) is 0 Å². The third kappa shape index (κ3) is 2.71. The Balaban J connectivity index is 1.78. The Morgan fingerprint density at radius 1 is 1.14 bits per heavy atom. The quantitative estimate of drug-likeness (QED) is 0.883. The summed E-state index contributed by atoms with van der Waals surface area (Å²) in [6.45, 7) is 1.79. The van der Waals surface area contributed by atoms with Crippen LogP contribution in [-0.4, -0.2) is 22.0 Å². The predicted molar refractivity (Wildman–Crippen MR) is 83.4 cm³/mol. The number of ether oxygens (including phenoxy) is 1. The van der Waals surface area contributed by atoms with Crippen LogP contribution >= 0.6 is 12.2 Å². The second kappa shape index (κ2) is 5.49. The van der Waals surface area contributed by atoms with E-state index in [0.717, 1.165) is 5.69 Å². The molecule has 0 aliphatic carbocycles. The summed E-state index contributed by atoms with van der Waals surface area (Å²) >= 11 is 5.17. The third-order valence-electron chi connectivity index (χ3n) is 3.11. The Morgan fingerprint density at radius 3 is 2.33 bits per heavy atom. The number of hydrogen-bond donors (Lipinski definition) is 1. The van der Waals surface area contributed by atoms with Gasteiger partial charge in [0.2, 0.25) is 0 Å². The summed E-state index contributed by atoms with van der Waals surface area (Å²) in [5.74, 6) is 1.34. The smallest absolute Gasteiger partial charge is 0.255 e. The van der Waals surface area contributed by atoms with E-state index >= 15 is 0 Å². The highest BCUT2D eigenvalue weighted by molar-refractivity contribution is 7.80. The highest BCUT2D eigenvalue weighted by Crippen LogP contribution is 2.25. The van der Waals surface area contributed by atoms with E-state index in [-0.39, 0.29) is 11.9 Å². The van der Waals surface area contributed by atoms with Crippen LogP contribution in [0.5, 0.6) is 11.5 Å². The molecule has 0 bridgehead atoms. The summed E-state index contributed by atoms with van der Waals surface area (Å²) < 4.78 is 5.68. The summed E-state index contributed by atoms with van der Waals surface area (Å²) in [6, 6.07) is 10.5. The van der Waals surface area contributed by atoms with Gasteiger partial charge >= 0.3 is 0 Å². The molecular weight excluding hydrogens is 286 g/mol. The van der Waals surface area contributed by atoms with Crippen molar-refractivity contribution in [2.45, 2.75) is 13.0 Å². The summed E-state index contributed by atoms with van der Waals surface area (Å²) in [6.07, 6.45) is 3.33. The minimum Gasteiger partial charge on any atom is -0.457 e. The predicted octanol–water partition coefficient (Wildman–Crippen LogP) is 2.48. The van der Waals surface area contributed by atoms with Gasteiger partial charge in [0, 0.05) is 12.4 Å². The summed E-state index contributed by atoms with van der Waals surface area (Å²) in [5.41, 5.74) is 0.726. The number of thiocarbonyl (C=S) groups is 1. The average Bonchev–Trinajstić information content (AvgIpc) is 2.74. The number of carbonyl (C=O) groups is 1. The van der Waals surface area contributed by atoms with Gasteiger partial charge in [0.15, 0.2) is 5.11 Å². The van der Waals surface area contributed by atoms with Crippen molar-refractivity contribution < 1.29 is 9.53 Å². The summed E-state index contributed by atoms with van der Waals surface area (Å²) in [5, 5.41) is 3.37. The molecule has 1 atom stereocenters. The molecule has 2 aromatic rings. The van der Waals surface area contributed by atoms with E-state index < -0.39 is 0 Å². The molecule has 1 fully saturated rings. The normalized spacial score (nSPS) is 17.8. The molecule has 1 aromatic carbocycles. The van der Waals surface area contributed by atoms with E-state index in [1.807, 2.05) is 0 Å². The minimum absolute atomic E-state index is 0.0530. The monoisotopic (exact) mass is 299 g/mol. The maximum Gasteiger partial charge on any atom is 0.255 e. The minimum atomic E-state index is -0.287. The van der Waals surface area contributed by atoms with Crippen LogP contribution in [0.1, 0.15) is 6.92 Å². The Hall–Kier alpha value is -2.47. The molecule has 1 amide bonds. The van der Waals surface area contributed by atoms with Gasteiger partial charge in [-0.15, -0.1) is 0 Å². The zero-order valence-corrected chi connectivity index (χ0v) is 12.1. The van der Waals surface area contributed by atoms with Gasteiger partial charge in [-0.25, -0.2) is 0 Å². The lowest BCUT2D eigenvalue weighted by molar-refractivity contribution is -0.117. The fraction of sp³-hybridized carbons (Fsp3) is 0.133. The maximum atomic E-state index is 12.0. The second-order valence-electron chi connectivity index (χ2n) is 4.62. The van der Waals surface area contributed by atoms with Crippen molar-refractivity contribution in [1.82, 2.24) is 10.3 Å². The van der Waals surface area contributed by atoms with Crippen molar-refractivity contribution in [2.75, 3.05) is 4.90 Å². The number of anilines is 1. The SMILES string of the molecule is CC1NC(=S)N(c2ccc(Oc3ccncc3)cc2)C1=O. The number of rotatable bonds is 3. The van der Waals surface area contributed by atoms with Gasteiger partial charge in [-0.1, -0.05) is 0 Å². The highest BCUT2D eigenvalue weighted by Gasteiger charge is 2.33. The molecule has 5 nitrogen and oxygen atoms in total. The lowest BCUT2D eigenvalue weighted by Gasteiger charge is -2.15. The van der Waals surface area contributed by atoms with E-state index in [1.165, 1.54) is 4.90 Å². The standard InChI is InChI=1S/C15H13N3O2S/c1-10-14(19)18(15(21)17-10)11-2-4-12(5-3-11)20-13-6-8-16-9-7-13/h2-10H,1H3,(H,17,21). The van der Waals surface area contributed by atoms with Crippen LogP contribution in [0.25, 0.3) is 0 Å². The van der Waals surface area contributed by atoms with Gasteiger partial charge in [0.1, 0.15) is 17.5 Å². The molecular formula is C15H13N3O2S. The fourth-order valence-corrected chi connectivity index (χ4v) is 2.43. The van der Waals surface area contributed by atoms with Crippen molar-refractivity contribution in [2.24, 2.45) is 0 Å². The number of aromatic nitrogens is 1. The van der Waals surface area contributed by atoms with Crippen molar-refractivity contribution in [3.05, 3.63) is 48.8 Å². The Morgan fingerprint density at radius 2 is 1.76 bits per heavy atom. The molecule has 3 rings (SSSR count). The first-order chi connectivity index (χ1) is 10.1. The summed E-state index contributed by atoms with van der Waals surface area (Å²) in [7, 11) is 0. The number of nitrogens with zero attached hydrogens (tertiary/aromatic N) is 2. The van der Waals surface area contributed by atoms with Gasteiger partial charge in [0.25, 0.3) is 5.91 Å². The first-order valence-corrected chi connectivity index (χ1v) is 6.88. The zero-order chi connectivity index (χ0) is 14.8. The van der Waals surface area contributed by atoms with E-state index in [9.17, 15) is 4.79 Å². The van der Waals surface area contributed by atoms with Gasteiger partial charge < -0.3 is 10.1 Å². The molecule has 1 aliphatic rings. The molecule has 6 heteroatoms. The molecule has 0 spiro atoms. The van der Waals surface area contributed by atoms with Gasteiger partial charge in [-0.05, 0) is 55.5 Å². The van der Waals surface area contributed by atoms with E-state index in [0.29, 0.717) is 16.6 Å². The molecule has 0 radical (unpaired) electrons. The molecule has 1 N–H and O–H groups in total. The molecule has 1 unspecified atom stereocenters. The number of nitrogens with one attached hydrogen (secondary N) is 1. The van der Waals surface area contributed by atoms with Crippen LogP contribution < -0.4 is 15.0 Å².